The van der Waals surface area contributed by atoms with Gasteiger partial charge in [0, 0.05) is 13.1 Å². The highest BCUT2D eigenvalue weighted by molar-refractivity contribution is 5.97. The number of benzene rings is 1. The molecule has 1 aromatic rings. The van der Waals surface area contributed by atoms with Gasteiger partial charge in [-0.1, -0.05) is 26.0 Å². The molecule has 2 amide bonds. The van der Waals surface area contributed by atoms with Gasteiger partial charge in [0.15, 0.2) is 0 Å². The van der Waals surface area contributed by atoms with Crippen LogP contribution < -0.4 is 11.1 Å². The van der Waals surface area contributed by atoms with Crippen molar-refractivity contribution in [2.45, 2.75) is 32.7 Å². The van der Waals surface area contributed by atoms with E-state index in [1.54, 1.807) is 11.0 Å². The van der Waals surface area contributed by atoms with Gasteiger partial charge in [0.25, 0.3) is 5.91 Å². The van der Waals surface area contributed by atoms with Crippen LogP contribution in [0.15, 0.2) is 24.3 Å². The van der Waals surface area contributed by atoms with E-state index in [9.17, 15) is 14.0 Å². The van der Waals surface area contributed by atoms with Gasteiger partial charge in [0.2, 0.25) is 5.91 Å². The smallest absolute Gasteiger partial charge is 0.254 e. The van der Waals surface area contributed by atoms with Gasteiger partial charge in [-0.15, -0.1) is 0 Å². The zero-order valence-electron chi connectivity index (χ0n) is 14.3. The van der Waals surface area contributed by atoms with Crippen molar-refractivity contribution in [2.24, 2.45) is 17.6 Å². The second-order valence-corrected chi connectivity index (χ2v) is 6.68. The molecule has 1 heterocycles. The maximum absolute atomic E-state index is 13.8. The number of halogens is 1. The topological polar surface area (TPSA) is 75.4 Å². The first-order valence-corrected chi connectivity index (χ1v) is 8.48. The van der Waals surface area contributed by atoms with Crippen molar-refractivity contribution in [1.82, 2.24) is 10.2 Å². The zero-order valence-corrected chi connectivity index (χ0v) is 14.3. The Labute approximate surface area is 142 Å². The van der Waals surface area contributed by atoms with Gasteiger partial charge in [-0.25, -0.2) is 4.39 Å². The van der Waals surface area contributed by atoms with Crippen LogP contribution >= 0.6 is 0 Å². The molecule has 0 bridgehead atoms. The summed E-state index contributed by atoms with van der Waals surface area (Å²) >= 11 is 0. The molecule has 1 aliphatic heterocycles. The molecule has 0 aromatic heterocycles. The van der Waals surface area contributed by atoms with E-state index in [1.165, 1.54) is 18.2 Å². The van der Waals surface area contributed by atoms with Crippen LogP contribution in [0, 0.1) is 17.7 Å². The summed E-state index contributed by atoms with van der Waals surface area (Å²) < 4.78 is 13.8. The number of hydrogen-bond donors (Lipinski definition) is 2. The standard InChI is InChI=1S/C18H26FN3O2/c1-12(2)16(18(24)22-9-7-13(11-20)8-10-22)21-17(23)14-5-3-4-6-15(14)19/h3-6,12-13,16H,7-11,20H2,1-2H3,(H,21,23). The van der Waals surface area contributed by atoms with Crippen LogP contribution in [-0.2, 0) is 4.79 Å². The quantitative estimate of drug-likeness (QED) is 0.861. The summed E-state index contributed by atoms with van der Waals surface area (Å²) in [6.07, 6.45) is 1.77. The minimum absolute atomic E-state index is 0.0437. The Balaban J connectivity index is 2.05. The first kappa shape index (κ1) is 18.4. The molecular formula is C18H26FN3O2. The lowest BCUT2D eigenvalue weighted by molar-refractivity contribution is -0.135. The molecule has 0 radical (unpaired) electrons. The Morgan fingerprint density at radius 3 is 2.46 bits per heavy atom. The number of nitrogens with two attached hydrogens (primary N) is 1. The average Bonchev–Trinajstić information content (AvgIpc) is 2.59. The van der Waals surface area contributed by atoms with Crippen LogP contribution in [0.3, 0.4) is 0 Å². The average molecular weight is 335 g/mol. The predicted octanol–water partition coefficient (Wildman–Crippen LogP) is 1.78. The first-order valence-electron chi connectivity index (χ1n) is 8.48. The third kappa shape index (κ3) is 4.32. The lowest BCUT2D eigenvalue weighted by Crippen LogP contribution is -2.53. The van der Waals surface area contributed by atoms with Crippen molar-refractivity contribution < 1.29 is 14.0 Å². The molecule has 5 nitrogen and oxygen atoms in total. The Kier molecular flexibility index (Phi) is 6.31. The maximum Gasteiger partial charge on any atom is 0.254 e. The zero-order chi connectivity index (χ0) is 17.7. The molecular weight excluding hydrogens is 309 g/mol. The third-order valence-corrected chi connectivity index (χ3v) is 4.60. The molecule has 2 rings (SSSR count). The van der Waals surface area contributed by atoms with Gasteiger partial charge in [-0.2, -0.15) is 0 Å². The van der Waals surface area contributed by atoms with Gasteiger partial charge in [-0.3, -0.25) is 9.59 Å². The second kappa shape index (κ2) is 8.24. The van der Waals surface area contributed by atoms with Crippen LogP contribution in [0.4, 0.5) is 4.39 Å². The van der Waals surface area contributed by atoms with Gasteiger partial charge >= 0.3 is 0 Å². The summed E-state index contributed by atoms with van der Waals surface area (Å²) in [6, 6.07) is 5.12. The van der Waals surface area contributed by atoms with Gasteiger partial charge in [-0.05, 0) is 43.4 Å². The molecule has 0 saturated carbocycles. The maximum atomic E-state index is 13.8. The SMILES string of the molecule is CC(C)C(NC(=O)c1ccccc1F)C(=O)N1CCC(CN)CC1. The third-order valence-electron chi connectivity index (χ3n) is 4.60. The number of nitrogens with zero attached hydrogens (tertiary/aromatic N) is 1. The van der Waals surface area contributed by atoms with Crippen molar-refractivity contribution in [2.75, 3.05) is 19.6 Å². The van der Waals surface area contributed by atoms with E-state index in [0.717, 1.165) is 12.8 Å². The van der Waals surface area contributed by atoms with Crippen LogP contribution in [0.5, 0.6) is 0 Å². The van der Waals surface area contributed by atoms with Crippen molar-refractivity contribution in [3.8, 4) is 0 Å². The second-order valence-electron chi connectivity index (χ2n) is 6.68. The summed E-state index contributed by atoms with van der Waals surface area (Å²) in [5, 5.41) is 2.70. The molecule has 0 aliphatic carbocycles. The van der Waals surface area contributed by atoms with E-state index in [4.69, 9.17) is 5.73 Å². The molecule has 6 heteroatoms. The Hall–Kier alpha value is -1.95. The van der Waals surface area contributed by atoms with Crippen LogP contribution in [-0.4, -0.2) is 42.4 Å². The first-order chi connectivity index (χ1) is 11.4. The predicted molar refractivity (Wildman–Crippen MR) is 90.9 cm³/mol. The lowest BCUT2D eigenvalue weighted by atomic mass is 9.95. The summed E-state index contributed by atoms with van der Waals surface area (Å²) in [6.45, 7) is 5.69. The fourth-order valence-electron chi connectivity index (χ4n) is 2.96. The highest BCUT2D eigenvalue weighted by Crippen LogP contribution is 2.18. The van der Waals surface area contributed by atoms with E-state index < -0.39 is 17.8 Å². The number of rotatable bonds is 5. The Morgan fingerprint density at radius 1 is 1.29 bits per heavy atom. The summed E-state index contributed by atoms with van der Waals surface area (Å²) in [5.41, 5.74) is 5.64. The van der Waals surface area contributed by atoms with Gasteiger partial charge < -0.3 is 16.0 Å². The van der Waals surface area contributed by atoms with E-state index in [2.05, 4.69) is 5.32 Å². The van der Waals surface area contributed by atoms with Crippen molar-refractivity contribution in [3.63, 3.8) is 0 Å². The number of hydrogen-bond acceptors (Lipinski definition) is 3. The molecule has 24 heavy (non-hydrogen) atoms. The molecule has 1 aromatic carbocycles. The molecule has 1 unspecified atom stereocenters. The largest absolute Gasteiger partial charge is 0.341 e. The number of carbonyl (C=O) groups excluding carboxylic acids is 2. The number of amides is 2. The molecule has 132 valence electrons. The highest BCUT2D eigenvalue weighted by Gasteiger charge is 2.31. The minimum Gasteiger partial charge on any atom is -0.341 e. The van der Waals surface area contributed by atoms with Crippen LogP contribution in [0.2, 0.25) is 0 Å². The summed E-state index contributed by atoms with van der Waals surface area (Å²) in [7, 11) is 0. The monoisotopic (exact) mass is 335 g/mol. The van der Waals surface area contributed by atoms with E-state index in [-0.39, 0.29) is 17.4 Å². The fraction of sp³-hybridized carbons (Fsp3) is 0.556. The molecule has 1 atom stereocenters. The van der Waals surface area contributed by atoms with Crippen LogP contribution in [0.25, 0.3) is 0 Å². The number of likely N-dealkylation sites (tertiary alicyclic amines) is 1. The fourth-order valence-corrected chi connectivity index (χ4v) is 2.96. The summed E-state index contributed by atoms with van der Waals surface area (Å²) in [4.78, 5) is 26.9. The normalized spacial score (nSPS) is 17.0. The van der Waals surface area contributed by atoms with Crippen molar-refractivity contribution in [1.29, 1.82) is 0 Å². The molecule has 3 N–H and O–H groups in total. The van der Waals surface area contributed by atoms with Gasteiger partial charge in [0.1, 0.15) is 11.9 Å². The minimum atomic E-state index is -0.661. The van der Waals surface area contributed by atoms with Crippen molar-refractivity contribution >= 4 is 11.8 Å². The van der Waals surface area contributed by atoms with E-state index >= 15 is 0 Å². The highest BCUT2D eigenvalue weighted by atomic mass is 19.1. The van der Waals surface area contributed by atoms with E-state index in [0.29, 0.717) is 25.6 Å². The number of piperidine rings is 1. The van der Waals surface area contributed by atoms with E-state index in [1.807, 2.05) is 13.8 Å². The Bertz CT molecular complexity index is 583. The molecule has 1 fully saturated rings. The molecule has 1 saturated heterocycles. The van der Waals surface area contributed by atoms with Crippen molar-refractivity contribution in [3.05, 3.63) is 35.6 Å². The summed E-state index contributed by atoms with van der Waals surface area (Å²) in [5.74, 6) is -0.879. The van der Waals surface area contributed by atoms with Crippen LogP contribution in [0.1, 0.15) is 37.0 Å². The Morgan fingerprint density at radius 2 is 1.92 bits per heavy atom. The molecule has 0 spiro atoms. The lowest BCUT2D eigenvalue weighted by Gasteiger charge is -2.35. The molecule has 1 aliphatic rings. The number of carbonyl (C=O) groups is 2. The number of nitrogens with one attached hydrogen (secondary N) is 1. The van der Waals surface area contributed by atoms with Gasteiger partial charge in [0.05, 0.1) is 5.56 Å².